The van der Waals surface area contributed by atoms with Crippen LogP contribution in [0.5, 0.6) is 0 Å². The molecule has 0 spiro atoms. The normalized spacial score (nSPS) is 11.0. The molecule has 6 nitrogen and oxygen atoms in total. The fourth-order valence-corrected chi connectivity index (χ4v) is 3.11. The van der Waals surface area contributed by atoms with Crippen molar-refractivity contribution < 1.29 is 17.9 Å². The van der Waals surface area contributed by atoms with E-state index in [1.807, 2.05) is 0 Å². The lowest BCUT2D eigenvalue weighted by Gasteiger charge is -2.09. The Labute approximate surface area is 126 Å². The largest absolute Gasteiger partial charge is 0.465 e. The Kier molecular flexibility index (Phi) is 4.44. The number of sulfonamides is 1. The van der Waals surface area contributed by atoms with E-state index in [2.05, 4.69) is 14.4 Å². The first kappa shape index (κ1) is 15.3. The molecule has 0 bridgehead atoms. The zero-order chi connectivity index (χ0) is 15.5. The molecule has 110 valence electrons. The van der Waals surface area contributed by atoms with Gasteiger partial charge in [-0.1, -0.05) is 17.7 Å². The Hall–Kier alpha value is -2.12. The third-order valence-electron chi connectivity index (χ3n) is 2.55. The zero-order valence-corrected chi connectivity index (χ0v) is 12.5. The van der Waals surface area contributed by atoms with E-state index in [9.17, 15) is 13.2 Å². The van der Waals surface area contributed by atoms with Crippen molar-refractivity contribution in [3.05, 3.63) is 53.3 Å². The first-order chi connectivity index (χ1) is 9.94. The van der Waals surface area contributed by atoms with Crippen LogP contribution in [0.15, 0.2) is 47.5 Å². The van der Waals surface area contributed by atoms with E-state index < -0.39 is 16.0 Å². The predicted molar refractivity (Wildman–Crippen MR) is 77.8 cm³/mol. The Morgan fingerprint density at radius 1 is 1.29 bits per heavy atom. The highest BCUT2D eigenvalue weighted by atomic mass is 35.5. The number of hydrogen-bond donors (Lipinski definition) is 1. The van der Waals surface area contributed by atoms with Crippen LogP contribution in [-0.4, -0.2) is 26.5 Å². The number of esters is 1. The van der Waals surface area contributed by atoms with Crippen LogP contribution >= 0.6 is 11.6 Å². The number of nitrogens with zero attached hydrogens (tertiary/aromatic N) is 1. The van der Waals surface area contributed by atoms with Gasteiger partial charge in [0, 0.05) is 11.9 Å². The van der Waals surface area contributed by atoms with Crippen molar-refractivity contribution in [3.8, 4) is 0 Å². The number of carbonyl (C=O) groups is 1. The maximum absolute atomic E-state index is 12.2. The van der Waals surface area contributed by atoms with Gasteiger partial charge in [-0.25, -0.2) is 18.2 Å². The Morgan fingerprint density at radius 3 is 2.71 bits per heavy atom. The standard InChI is InChI=1S/C13H11ClN2O4S/c1-20-13(17)9-4-2-5-10(8-9)16-21(18,19)11-6-3-7-15-12(11)14/h2-8,16H,1H3. The number of carbonyl (C=O) groups excluding carboxylic acids is 1. The SMILES string of the molecule is COC(=O)c1cccc(NS(=O)(=O)c2cccnc2Cl)c1. The van der Waals surface area contributed by atoms with Crippen molar-refractivity contribution in [1.29, 1.82) is 0 Å². The summed E-state index contributed by atoms with van der Waals surface area (Å²) >= 11 is 5.77. The van der Waals surface area contributed by atoms with Crippen molar-refractivity contribution in [2.24, 2.45) is 0 Å². The molecule has 0 atom stereocenters. The molecule has 2 rings (SSSR count). The van der Waals surface area contributed by atoms with E-state index in [-0.39, 0.29) is 21.3 Å². The van der Waals surface area contributed by atoms with Gasteiger partial charge in [0.2, 0.25) is 0 Å². The maximum atomic E-state index is 12.2. The topological polar surface area (TPSA) is 85.4 Å². The van der Waals surface area contributed by atoms with Crippen molar-refractivity contribution in [1.82, 2.24) is 4.98 Å². The molecular weight excluding hydrogens is 316 g/mol. The van der Waals surface area contributed by atoms with Gasteiger partial charge < -0.3 is 4.74 Å². The van der Waals surface area contributed by atoms with Gasteiger partial charge in [-0.15, -0.1) is 0 Å². The number of ether oxygens (including phenoxy) is 1. The molecule has 21 heavy (non-hydrogen) atoms. The summed E-state index contributed by atoms with van der Waals surface area (Å²) in [6.45, 7) is 0. The summed E-state index contributed by atoms with van der Waals surface area (Å²) in [7, 11) is -2.65. The van der Waals surface area contributed by atoms with Crippen LogP contribution in [0.4, 0.5) is 5.69 Å². The molecule has 0 aliphatic heterocycles. The molecule has 2 aromatic rings. The quantitative estimate of drug-likeness (QED) is 0.688. The van der Waals surface area contributed by atoms with Gasteiger partial charge in [-0.2, -0.15) is 0 Å². The third-order valence-corrected chi connectivity index (χ3v) is 4.38. The van der Waals surface area contributed by atoms with Crippen molar-refractivity contribution in [2.75, 3.05) is 11.8 Å². The molecule has 0 radical (unpaired) electrons. The summed E-state index contributed by atoms with van der Waals surface area (Å²) in [5.41, 5.74) is 0.452. The molecule has 1 aromatic carbocycles. The number of benzene rings is 1. The molecule has 0 amide bonds. The van der Waals surface area contributed by atoms with Crippen LogP contribution in [0.3, 0.4) is 0 Å². The van der Waals surface area contributed by atoms with E-state index in [1.165, 1.54) is 49.7 Å². The first-order valence-corrected chi connectivity index (χ1v) is 7.62. The van der Waals surface area contributed by atoms with Crippen LogP contribution in [0.25, 0.3) is 0 Å². The van der Waals surface area contributed by atoms with Crippen molar-refractivity contribution in [3.63, 3.8) is 0 Å². The van der Waals surface area contributed by atoms with E-state index in [0.29, 0.717) is 0 Å². The number of anilines is 1. The van der Waals surface area contributed by atoms with Gasteiger partial charge in [-0.3, -0.25) is 4.72 Å². The molecule has 1 aromatic heterocycles. The molecule has 0 saturated carbocycles. The minimum atomic E-state index is -3.89. The predicted octanol–water partition coefficient (Wildman–Crippen LogP) is 2.32. The molecule has 8 heteroatoms. The highest BCUT2D eigenvalue weighted by Crippen LogP contribution is 2.22. The van der Waals surface area contributed by atoms with Crippen LogP contribution in [0, 0.1) is 0 Å². The summed E-state index contributed by atoms with van der Waals surface area (Å²) in [4.78, 5) is 15.0. The molecule has 1 heterocycles. The summed E-state index contributed by atoms with van der Waals surface area (Å²) in [6, 6.07) is 8.73. The second-order valence-electron chi connectivity index (χ2n) is 3.97. The monoisotopic (exact) mass is 326 g/mol. The highest BCUT2D eigenvalue weighted by molar-refractivity contribution is 7.92. The number of methoxy groups -OCH3 is 1. The maximum Gasteiger partial charge on any atom is 0.337 e. The molecule has 0 fully saturated rings. The fraction of sp³-hybridized carbons (Fsp3) is 0.0769. The summed E-state index contributed by atoms with van der Waals surface area (Å²) in [6.07, 6.45) is 1.39. The Bertz CT molecular complexity index is 777. The van der Waals surface area contributed by atoms with Crippen molar-refractivity contribution in [2.45, 2.75) is 4.90 Å². The average molecular weight is 327 g/mol. The Balaban J connectivity index is 2.34. The smallest absolute Gasteiger partial charge is 0.337 e. The zero-order valence-electron chi connectivity index (χ0n) is 10.9. The highest BCUT2D eigenvalue weighted by Gasteiger charge is 2.19. The molecule has 0 unspecified atom stereocenters. The Morgan fingerprint density at radius 2 is 2.05 bits per heavy atom. The fourth-order valence-electron chi connectivity index (χ4n) is 1.61. The number of halogens is 1. The van der Waals surface area contributed by atoms with Crippen molar-refractivity contribution >= 4 is 33.3 Å². The lowest BCUT2D eigenvalue weighted by Crippen LogP contribution is -2.14. The van der Waals surface area contributed by atoms with Crippen LogP contribution in [0.2, 0.25) is 5.15 Å². The second kappa shape index (κ2) is 6.11. The summed E-state index contributed by atoms with van der Waals surface area (Å²) in [5.74, 6) is -0.560. The van der Waals surface area contributed by atoms with Gasteiger partial charge in [-0.05, 0) is 30.3 Å². The average Bonchev–Trinajstić information content (AvgIpc) is 2.46. The van der Waals surface area contributed by atoms with Crippen LogP contribution in [0.1, 0.15) is 10.4 Å². The summed E-state index contributed by atoms with van der Waals surface area (Å²) < 4.78 is 31.4. The van der Waals surface area contributed by atoms with E-state index >= 15 is 0 Å². The lowest BCUT2D eigenvalue weighted by atomic mass is 10.2. The number of hydrogen-bond acceptors (Lipinski definition) is 5. The number of nitrogens with one attached hydrogen (secondary N) is 1. The number of aromatic nitrogens is 1. The van der Waals surface area contributed by atoms with Gasteiger partial charge in [0.25, 0.3) is 10.0 Å². The van der Waals surface area contributed by atoms with Gasteiger partial charge in [0.15, 0.2) is 0 Å². The number of rotatable bonds is 4. The van der Waals surface area contributed by atoms with Gasteiger partial charge >= 0.3 is 5.97 Å². The second-order valence-corrected chi connectivity index (χ2v) is 5.98. The van der Waals surface area contributed by atoms with E-state index in [4.69, 9.17) is 11.6 Å². The molecular formula is C13H11ClN2O4S. The van der Waals surface area contributed by atoms with E-state index in [0.717, 1.165) is 0 Å². The lowest BCUT2D eigenvalue weighted by molar-refractivity contribution is 0.0601. The van der Waals surface area contributed by atoms with Gasteiger partial charge in [0.05, 0.1) is 12.7 Å². The minimum Gasteiger partial charge on any atom is -0.465 e. The van der Waals surface area contributed by atoms with Gasteiger partial charge in [0.1, 0.15) is 10.0 Å². The molecule has 0 aliphatic rings. The van der Waals surface area contributed by atoms with Crippen LogP contribution in [-0.2, 0) is 14.8 Å². The first-order valence-electron chi connectivity index (χ1n) is 5.76. The summed E-state index contributed by atoms with van der Waals surface area (Å²) in [5, 5.41) is -0.130. The minimum absolute atomic E-state index is 0.130. The third kappa shape index (κ3) is 3.50. The van der Waals surface area contributed by atoms with E-state index in [1.54, 1.807) is 0 Å². The molecule has 0 saturated heterocycles. The number of pyridine rings is 1. The van der Waals surface area contributed by atoms with Crippen LogP contribution < -0.4 is 4.72 Å². The molecule has 1 N–H and O–H groups in total. The molecule has 0 aliphatic carbocycles.